The molecule has 1 saturated carbocycles. The van der Waals surface area contributed by atoms with E-state index in [0.29, 0.717) is 42.2 Å². The standard InChI is InChI=1S/C27H29N5O4S/c1-3-37(34,35)29-16-15-27(13-14-27)19-4-6-20(7-5-19)31-17-12-23-24(18-28)30-32(25(23)26(31)33)21-8-10-22(36-2)11-9-21/h4-11,29H,3,12-17H2,1-2H3. The Morgan fingerprint density at radius 3 is 2.38 bits per heavy atom. The number of sulfonamides is 1. The van der Waals surface area contributed by atoms with Gasteiger partial charge in [0.05, 0.1) is 18.6 Å². The van der Waals surface area contributed by atoms with Gasteiger partial charge in [0.1, 0.15) is 17.5 Å². The Morgan fingerprint density at radius 1 is 1.11 bits per heavy atom. The average Bonchev–Trinajstić information content (AvgIpc) is 3.61. The van der Waals surface area contributed by atoms with Gasteiger partial charge in [0, 0.05) is 24.3 Å². The largest absolute Gasteiger partial charge is 0.497 e. The predicted molar refractivity (Wildman–Crippen MR) is 140 cm³/mol. The number of carbonyl (C=O) groups excluding carboxylic acids is 1. The summed E-state index contributed by atoms with van der Waals surface area (Å²) in [6, 6.07) is 17.3. The number of benzene rings is 2. The van der Waals surface area contributed by atoms with Crippen molar-refractivity contribution < 1.29 is 17.9 Å². The van der Waals surface area contributed by atoms with Crippen LogP contribution in [0.3, 0.4) is 0 Å². The van der Waals surface area contributed by atoms with Gasteiger partial charge < -0.3 is 9.64 Å². The molecule has 0 atom stereocenters. The molecule has 9 nitrogen and oxygen atoms in total. The number of amides is 1. The molecule has 1 amide bonds. The molecular formula is C27H29N5O4S. The molecule has 3 aromatic rings. The minimum atomic E-state index is -3.20. The number of anilines is 1. The van der Waals surface area contributed by atoms with E-state index in [1.165, 1.54) is 0 Å². The minimum absolute atomic E-state index is 0.0114. The molecule has 2 heterocycles. The van der Waals surface area contributed by atoms with E-state index in [0.717, 1.165) is 30.5 Å². The maximum Gasteiger partial charge on any atom is 0.277 e. The van der Waals surface area contributed by atoms with Crippen molar-refractivity contribution in [2.75, 3.05) is 30.9 Å². The summed E-state index contributed by atoms with van der Waals surface area (Å²) in [6.07, 6.45) is 3.31. The SMILES string of the molecule is CCS(=O)(=O)NCCC1(c2ccc(N3CCc4c(C#N)nn(-c5ccc(OC)cc5)c4C3=O)cc2)CC1. The number of carbonyl (C=O) groups is 1. The van der Waals surface area contributed by atoms with Crippen LogP contribution in [0.5, 0.6) is 5.75 Å². The van der Waals surface area contributed by atoms with Crippen LogP contribution in [-0.4, -0.2) is 50.1 Å². The molecule has 5 rings (SSSR count). The lowest BCUT2D eigenvalue weighted by molar-refractivity contribution is 0.0973. The highest BCUT2D eigenvalue weighted by molar-refractivity contribution is 7.89. The van der Waals surface area contributed by atoms with Gasteiger partial charge in [-0.25, -0.2) is 17.8 Å². The summed E-state index contributed by atoms with van der Waals surface area (Å²) < 4.78 is 33.0. The van der Waals surface area contributed by atoms with E-state index in [1.54, 1.807) is 35.7 Å². The second-order valence-electron chi connectivity index (χ2n) is 9.48. The molecule has 10 heteroatoms. The second kappa shape index (κ2) is 9.65. The van der Waals surface area contributed by atoms with Crippen LogP contribution < -0.4 is 14.4 Å². The quantitative estimate of drug-likeness (QED) is 0.464. The lowest BCUT2D eigenvalue weighted by atomic mass is 9.92. The van der Waals surface area contributed by atoms with E-state index < -0.39 is 10.0 Å². The Labute approximate surface area is 216 Å². The first-order chi connectivity index (χ1) is 17.8. The van der Waals surface area contributed by atoms with E-state index in [2.05, 4.69) is 15.9 Å². The van der Waals surface area contributed by atoms with Gasteiger partial charge in [-0.15, -0.1) is 0 Å². The summed E-state index contributed by atoms with van der Waals surface area (Å²) in [7, 11) is -1.62. The average molecular weight is 520 g/mol. The molecule has 0 radical (unpaired) electrons. The van der Waals surface area contributed by atoms with E-state index in [1.807, 2.05) is 36.4 Å². The molecule has 2 aromatic carbocycles. The van der Waals surface area contributed by atoms with Crippen LogP contribution >= 0.6 is 0 Å². The maximum absolute atomic E-state index is 13.7. The van der Waals surface area contributed by atoms with E-state index >= 15 is 0 Å². The highest BCUT2D eigenvalue weighted by atomic mass is 32.2. The third-order valence-corrected chi connectivity index (χ3v) is 8.79. The first-order valence-electron chi connectivity index (χ1n) is 12.4. The second-order valence-corrected chi connectivity index (χ2v) is 11.6. The van der Waals surface area contributed by atoms with Gasteiger partial charge >= 0.3 is 0 Å². The van der Waals surface area contributed by atoms with Crippen molar-refractivity contribution in [1.29, 1.82) is 5.26 Å². The van der Waals surface area contributed by atoms with E-state index in [-0.39, 0.29) is 22.8 Å². The molecule has 1 fully saturated rings. The number of fused-ring (bicyclic) bond motifs is 1. The molecule has 1 aromatic heterocycles. The molecule has 0 unspecified atom stereocenters. The smallest absolute Gasteiger partial charge is 0.277 e. The molecule has 192 valence electrons. The molecule has 0 spiro atoms. The maximum atomic E-state index is 13.7. The zero-order valence-electron chi connectivity index (χ0n) is 20.9. The van der Waals surface area contributed by atoms with Crippen LogP contribution in [0.2, 0.25) is 0 Å². The third kappa shape index (κ3) is 4.72. The number of ether oxygens (including phenoxy) is 1. The molecular weight excluding hydrogens is 490 g/mol. The number of hydrogen-bond donors (Lipinski definition) is 1. The van der Waals surface area contributed by atoms with Gasteiger partial charge in [0.15, 0.2) is 5.69 Å². The van der Waals surface area contributed by atoms with Crippen molar-refractivity contribution >= 4 is 21.6 Å². The van der Waals surface area contributed by atoms with Crippen LogP contribution in [-0.2, 0) is 21.9 Å². The van der Waals surface area contributed by atoms with Gasteiger partial charge in [-0.3, -0.25) is 4.79 Å². The first kappa shape index (κ1) is 25.0. The van der Waals surface area contributed by atoms with Crippen molar-refractivity contribution in [3.05, 3.63) is 71.0 Å². The van der Waals surface area contributed by atoms with Crippen molar-refractivity contribution in [2.24, 2.45) is 0 Å². The van der Waals surface area contributed by atoms with Crippen molar-refractivity contribution in [3.8, 4) is 17.5 Å². The Kier molecular flexibility index (Phi) is 6.52. The molecule has 1 aliphatic heterocycles. The zero-order valence-corrected chi connectivity index (χ0v) is 21.7. The Balaban J connectivity index is 1.38. The fraction of sp³-hybridized carbons (Fsp3) is 0.370. The van der Waals surface area contributed by atoms with Crippen LogP contribution in [0.15, 0.2) is 48.5 Å². The first-order valence-corrected chi connectivity index (χ1v) is 14.0. The van der Waals surface area contributed by atoms with Gasteiger partial charge in [-0.1, -0.05) is 12.1 Å². The fourth-order valence-corrected chi connectivity index (χ4v) is 5.60. The normalized spacial score (nSPS) is 16.2. The summed E-state index contributed by atoms with van der Waals surface area (Å²) in [5, 5.41) is 14.1. The number of nitrogens with one attached hydrogen (secondary N) is 1. The molecule has 2 aliphatic rings. The Morgan fingerprint density at radius 2 is 1.78 bits per heavy atom. The van der Waals surface area contributed by atoms with Crippen molar-refractivity contribution in [1.82, 2.24) is 14.5 Å². The number of nitriles is 1. The number of hydrogen-bond acceptors (Lipinski definition) is 6. The Bertz CT molecular complexity index is 1470. The molecule has 0 bridgehead atoms. The Hall–Kier alpha value is -3.68. The molecule has 37 heavy (non-hydrogen) atoms. The summed E-state index contributed by atoms with van der Waals surface area (Å²) in [4.78, 5) is 15.4. The van der Waals surface area contributed by atoms with Crippen molar-refractivity contribution in [3.63, 3.8) is 0 Å². The minimum Gasteiger partial charge on any atom is -0.497 e. The van der Waals surface area contributed by atoms with E-state index in [4.69, 9.17) is 4.74 Å². The van der Waals surface area contributed by atoms with Gasteiger partial charge in [0.25, 0.3) is 5.91 Å². The van der Waals surface area contributed by atoms with E-state index in [9.17, 15) is 18.5 Å². The lowest BCUT2D eigenvalue weighted by Crippen LogP contribution is -2.38. The van der Waals surface area contributed by atoms with Crippen LogP contribution in [0.25, 0.3) is 5.69 Å². The zero-order chi connectivity index (χ0) is 26.2. The predicted octanol–water partition coefficient (Wildman–Crippen LogP) is 3.32. The summed E-state index contributed by atoms with van der Waals surface area (Å²) in [5.41, 5.74) is 3.95. The van der Waals surface area contributed by atoms with Crippen molar-refractivity contribution in [2.45, 2.75) is 38.0 Å². The highest BCUT2D eigenvalue weighted by Crippen LogP contribution is 2.51. The van der Waals surface area contributed by atoms with Crippen LogP contribution in [0, 0.1) is 11.3 Å². The monoisotopic (exact) mass is 519 g/mol. The number of rotatable bonds is 9. The van der Waals surface area contributed by atoms with Crippen LogP contribution in [0.4, 0.5) is 5.69 Å². The topological polar surface area (TPSA) is 117 Å². The molecule has 0 saturated heterocycles. The molecule has 1 N–H and O–H groups in total. The summed E-state index contributed by atoms with van der Waals surface area (Å²) in [6.45, 7) is 2.50. The fourth-order valence-electron chi connectivity index (χ4n) is 4.98. The van der Waals surface area contributed by atoms with Gasteiger partial charge in [-0.05, 0) is 80.0 Å². The lowest BCUT2D eigenvalue weighted by Gasteiger charge is -2.28. The number of methoxy groups -OCH3 is 1. The third-order valence-electron chi connectivity index (χ3n) is 7.39. The highest BCUT2D eigenvalue weighted by Gasteiger charge is 2.43. The number of nitrogens with zero attached hydrogens (tertiary/aromatic N) is 4. The van der Waals surface area contributed by atoms with Gasteiger partial charge in [-0.2, -0.15) is 10.4 Å². The summed E-state index contributed by atoms with van der Waals surface area (Å²) >= 11 is 0. The summed E-state index contributed by atoms with van der Waals surface area (Å²) in [5.74, 6) is 0.566. The molecule has 1 aliphatic carbocycles. The van der Waals surface area contributed by atoms with Gasteiger partial charge in [0.2, 0.25) is 10.0 Å². The van der Waals surface area contributed by atoms with Crippen LogP contribution in [0.1, 0.15) is 53.5 Å². The number of aromatic nitrogens is 2.